The van der Waals surface area contributed by atoms with Crippen molar-refractivity contribution in [1.29, 1.82) is 0 Å². The van der Waals surface area contributed by atoms with E-state index in [2.05, 4.69) is 202 Å². The first-order valence-corrected chi connectivity index (χ1v) is 22.0. The number of rotatable bonds is 5. The molecular weight excluding hydrogens is 793 g/mol. The molecule has 0 aliphatic carbocycles. The smallest absolute Gasteiger partial charge is 0.164 e. The number of hydrogen-bond acceptors (Lipinski definition) is 5. The molecule has 0 saturated carbocycles. The van der Waals surface area contributed by atoms with Crippen molar-refractivity contribution in [2.24, 2.45) is 0 Å². The number of pyridine rings is 1. The van der Waals surface area contributed by atoms with Crippen molar-refractivity contribution in [1.82, 2.24) is 19.9 Å². The zero-order valence-electron chi connectivity index (χ0n) is 35.7. The Kier molecular flexibility index (Phi) is 8.27. The molecule has 0 aliphatic heterocycles. The SMILES string of the molecule is Cc1ccc(-c2nc(-c3ccc(C)cc3)nc(-c3cccc(-c4nc5ccccc5c5c(-c6ccc7c8ccccc8c8ccccc8c7c6)c6c(cc45)oc4ccccc46)c3)n2)cc1. The van der Waals surface area contributed by atoms with Crippen molar-refractivity contribution < 1.29 is 4.42 Å². The summed E-state index contributed by atoms with van der Waals surface area (Å²) in [6, 6.07) is 68.8. The largest absolute Gasteiger partial charge is 0.456 e. The van der Waals surface area contributed by atoms with E-state index in [1.165, 1.54) is 43.4 Å². The molecule has 5 heteroatoms. The average Bonchev–Trinajstić information content (AvgIpc) is 3.74. The second-order valence-electron chi connectivity index (χ2n) is 17.1. The van der Waals surface area contributed by atoms with E-state index < -0.39 is 0 Å². The number of para-hydroxylation sites is 2. The van der Waals surface area contributed by atoms with E-state index in [0.29, 0.717) is 17.5 Å². The molecule has 0 N–H and O–H groups in total. The first-order valence-electron chi connectivity index (χ1n) is 22.0. The Bertz CT molecular complexity index is 3980. The van der Waals surface area contributed by atoms with Gasteiger partial charge < -0.3 is 4.42 Å². The van der Waals surface area contributed by atoms with Gasteiger partial charge in [0, 0.05) is 54.7 Å². The summed E-state index contributed by atoms with van der Waals surface area (Å²) in [7, 11) is 0. The van der Waals surface area contributed by atoms with Crippen molar-refractivity contribution in [2.45, 2.75) is 13.8 Å². The van der Waals surface area contributed by atoms with Gasteiger partial charge in [0.25, 0.3) is 0 Å². The minimum absolute atomic E-state index is 0.592. The fourth-order valence-electron chi connectivity index (χ4n) is 9.86. The van der Waals surface area contributed by atoms with Crippen LogP contribution in [0.25, 0.3) is 132 Å². The van der Waals surface area contributed by atoms with Crippen LogP contribution in [0.3, 0.4) is 0 Å². The first-order chi connectivity index (χ1) is 32.0. The van der Waals surface area contributed by atoms with E-state index in [9.17, 15) is 0 Å². The Labute approximate surface area is 374 Å². The number of hydrogen-bond donors (Lipinski definition) is 0. The number of aryl methyl sites for hydroxylation is 2. The lowest BCUT2D eigenvalue weighted by Gasteiger charge is -2.17. The number of furan rings is 1. The van der Waals surface area contributed by atoms with Crippen molar-refractivity contribution in [3.63, 3.8) is 0 Å². The van der Waals surface area contributed by atoms with Crippen LogP contribution in [0.1, 0.15) is 11.1 Å². The molecule has 13 aromatic rings. The highest BCUT2D eigenvalue weighted by Crippen LogP contribution is 2.48. The predicted octanol–water partition coefficient (Wildman–Crippen LogP) is 15.9. The first kappa shape index (κ1) is 37.1. The third-order valence-electron chi connectivity index (χ3n) is 13.0. The van der Waals surface area contributed by atoms with E-state index in [1.54, 1.807) is 0 Å². The second kappa shape index (κ2) is 14.5. The van der Waals surface area contributed by atoms with E-state index >= 15 is 0 Å². The molecular formula is C60H38N4O. The molecule has 0 amide bonds. The molecule has 65 heavy (non-hydrogen) atoms. The van der Waals surface area contributed by atoms with Crippen LogP contribution in [0.5, 0.6) is 0 Å². The average molecular weight is 831 g/mol. The van der Waals surface area contributed by atoms with Crippen molar-refractivity contribution in [3.05, 3.63) is 205 Å². The summed E-state index contributed by atoms with van der Waals surface area (Å²) in [6.07, 6.45) is 0. The molecule has 0 fully saturated rings. The molecule has 0 bridgehead atoms. The maximum absolute atomic E-state index is 6.80. The van der Waals surface area contributed by atoms with Gasteiger partial charge in [0.15, 0.2) is 17.5 Å². The fourth-order valence-corrected chi connectivity index (χ4v) is 9.86. The highest BCUT2D eigenvalue weighted by Gasteiger charge is 2.23. The van der Waals surface area contributed by atoms with Crippen LogP contribution in [-0.2, 0) is 0 Å². The summed E-state index contributed by atoms with van der Waals surface area (Å²) in [4.78, 5) is 20.7. The predicted molar refractivity (Wildman–Crippen MR) is 269 cm³/mol. The van der Waals surface area contributed by atoms with E-state index in [1.807, 2.05) is 6.07 Å². The van der Waals surface area contributed by atoms with E-state index in [-0.39, 0.29) is 0 Å². The molecule has 0 atom stereocenters. The van der Waals surface area contributed by atoms with Gasteiger partial charge in [-0.3, -0.25) is 0 Å². The van der Waals surface area contributed by atoms with E-state index in [0.717, 1.165) is 82.7 Å². The minimum atomic E-state index is 0.592. The van der Waals surface area contributed by atoms with E-state index in [4.69, 9.17) is 24.4 Å². The van der Waals surface area contributed by atoms with Crippen LogP contribution >= 0.6 is 0 Å². The van der Waals surface area contributed by atoms with Gasteiger partial charge in [0.05, 0.1) is 11.2 Å². The maximum atomic E-state index is 6.80. The molecule has 0 aliphatic rings. The Hall–Kier alpha value is -8.54. The Morgan fingerprint density at radius 3 is 1.46 bits per heavy atom. The molecule has 0 unspecified atom stereocenters. The summed E-state index contributed by atoms with van der Waals surface area (Å²) in [5.74, 6) is 1.84. The van der Waals surface area contributed by atoms with Crippen molar-refractivity contribution in [2.75, 3.05) is 0 Å². The Balaban J connectivity index is 1.09. The third kappa shape index (κ3) is 6.01. The Morgan fingerprint density at radius 2 is 0.815 bits per heavy atom. The molecule has 0 spiro atoms. The maximum Gasteiger partial charge on any atom is 0.164 e. The second-order valence-corrected chi connectivity index (χ2v) is 17.1. The number of aromatic nitrogens is 4. The lowest BCUT2D eigenvalue weighted by molar-refractivity contribution is 0.669. The molecule has 5 nitrogen and oxygen atoms in total. The number of nitrogens with zero attached hydrogens (tertiary/aromatic N) is 4. The lowest BCUT2D eigenvalue weighted by atomic mass is 9.87. The standard InChI is InChI=1S/C60H38N4O/c1-35-22-26-37(27-23-35)58-62-59(38-28-24-36(2)25-29-38)64-60(63-58)41-13-11-12-40(32-41)57-50-34-53-56(48-19-8-10-21-52(48)65-53)54(55(50)47-18-7-9-20-51(47)61-57)39-30-31-46-44-16-4-3-14-42(44)43-15-5-6-17-45(43)49(46)33-39/h3-34H,1-2H3. The van der Waals surface area contributed by atoms with Crippen LogP contribution in [-0.4, -0.2) is 19.9 Å². The van der Waals surface area contributed by atoms with Crippen LogP contribution in [0.4, 0.5) is 0 Å². The van der Waals surface area contributed by atoms with Crippen molar-refractivity contribution in [3.8, 4) is 56.5 Å². The summed E-state index contributed by atoms with van der Waals surface area (Å²) < 4.78 is 6.80. The Morgan fingerprint density at radius 1 is 0.308 bits per heavy atom. The molecule has 0 saturated heterocycles. The monoisotopic (exact) mass is 830 g/mol. The molecule has 10 aromatic carbocycles. The highest BCUT2D eigenvalue weighted by atomic mass is 16.3. The van der Waals surface area contributed by atoms with Gasteiger partial charge >= 0.3 is 0 Å². The molecule has 3 heterocycles. The normalized spacial score (nSPS) is 11.8. The third-order valence-corrected chi connectivity index (χ3v) is 13.0. The summed E-state index contributed by atoms with van der Waals surface area (Å²) in [5, 5.41) is 12.8. The lowest BCUT2D eigenvalue weighted by Crippen LogP contribution is -2.00. The topological polar surface area (TPSA) is 64.7 Å². The molecule has 13 rings (SSSR count). The van der Waals surface area contributed by atoms with Gasteiger partial charge in [-0.1, -0.05) is 175 Å². The summed E-state index contributed by atoms with van der Waals surface area (Å²) in [5.41, 5.74) is 11.7. The molecule has 304 valence electrons. The van der Waals surface area contributed by atoms with Gasteiger partial charge in [-0.15, -0.1) is 0 Å². The molecule has 3 aromatic heterocycles. The fraction of sp³-hybridized carbons (Fsp3) is 0.0333. The number of fused-ring (bicyclic) bond motifs is 12. The van der Waals surface area contributed by atoms with Gasteiger partial charge in [-0.05, 0) is 82.1 Å². The minimum Gasteiger partial charge on any atom is -0.456 e. The zero-order chi connectivity index (χ0) is 43.2. The van der Waals surface area contributed by atoms with Gasteiger partial charge in [-0.25, -0.2) is 19.9 Å². The summed E-state index contributed by atoms with van der Waals surface area (Å²) >= 11 is 0. The highest BCUT2D eigenvalue weighted by molar-refractivity contribution is 6.30. The van der Waals surface area contributed by atoms with Crippen molar-refractivity contribution >= 4 is 75.9 Å². The van der Waals surface area contributed by atoms with Crippen LogP contribution in [0.15, 0.2) is 199 Å². The quantitative estimate of drug-likeness (QED) is 0.162. The van der Waals surface area contributed by atoms with Crippen LogP contribution in [0, 0.1) is 13.8 Å². The van der Waals surface area contributed by atoms with Gasteiger partial charge in [-0.2, -0.15) is 0 Å². The number of benzene rings is 10. The van der Waals surface area contributed by atoms with Crippen LogP contribution < -0.4 is 0 Å². The van der Waals surface area contributed by atoms with Crippen LogP contribution in [0.2, 0.25) is 0 Å². The van der Waals surface area contributed by atoms with Gasteiger partial charge in [0.2, 0.25) is 0 Å². The van der Waals surface area contributed by atoms with Gasteiger partial charge in [0.1, 0.15) is 11.2 Å². The molecule has 0 radical (unpaired) electrons. The zero-order valence-corrected chi connectivity index (χ0v) is 35.7. The summed E-state index contributed by atoms with van der Waals surface area (Å²) in [6.45, 7) is 4.17.